The third-order valence-electron chi connectivity index (χ3n) is 4.74. The second kappa shape index (κ2) is 8.79. The molecule has 0 aliphatic carbocycles. The number of anilines is 1. The lowest BCUT2D eigenvalue weighted by Crippen LogP contribution is -2.47. The first kappa shape index (κ1) is 21.7. The van der Waals surface area contributed by atoms with Gasteiger partial charge < -0.3 is 15.8 Å². The largest absolute Gasteiger partial charge is 0.476 e. The molecule has 2 heterocycles. The van der Waals surface area contributed by atoms with E-state index in [1.165, 1.54) is 42.5 Å². The lowest BCUT2D eigenvalue weighted by molar-refractivity contribution is -0.128. The number of hydrogen-bond acceptors (Lipinski definition) is 7. The maximum atomic E-state index is 14.6. The lowest BCUT2D eigenvalue weighted by atomic mass is 9.87. The number of terminal acetylenes is 1. The van der Waals surface area contributed by atoms with Gasteiger partial charge in [-0.05, 0) is 25.1 Å². The van der Waals surface area contributed by atoms with E-state index in [4.69, 9.17) is 16.9 Å². The Morgan fingerprint density at radius 1 is 1.42 bits per heavy atom. The van der Waals surface area contributed by atoms with Crippen LogP contribution in [0.25, 0.3) is 0 Å². The van der Waals surface area contributed by atoms with E-state index in [0.717, 1.165) is 0 Å². The van der Waals surface area contributed by atoms with E-state index >= 15 is 0 Å². The third-order valence-corrected chi connectivity index (χ3v) is 4.74. The monoisotopic (exact) mass is 424 g/mol. The predicted molar refractivity (Wildman–Crippen MR) is 112 cm³/mol. The number of carbonyl (C=O) groups is 2. The van der Waals surface area contributed by atoms with Gasteiger partial charge in [-0.15, -0.1) is 12.3 Å². The van der Waals surface area contributed by atoms with Gasteiger partial charge in [0.25, 0.3) is 5.91 Å². The Morgan fingerprint density at radius 3 is 2.84 bits per heavy atom. The first-order valence-electron chi connectivity index (χ1n) is 9.35. The van der Waals surface area contributed by atoms with Crippen LogP contribution in [0.4, 0.5) is 10.1 Å². The predicted octanol–water partition coefficient (Wildman–Crippen LogP) is 1.66. The van der Waals surface area contributed by atoms with Gasteiger partial charge in [-0.25, -0.2) is 19.4 Å². The maximum Gasteiger partial charge on any atom is 0.275 e. The van der Waals surface area contributed by atoms with Crippen molar-refractivity contribution in [3.05, 3.63) is 47.7 Å². The molecule has 0 spiro atoms. The third kappa shape index (κ3) is 4.78. The Labute approximate surface area is 178 Å². The highest BCUT2D eigenvalue weighted by Gasteiger charge is 2.38. The van der Waals surface area contributed by atoms with Gasteiger partial charge in [0.2, 0.25) is 11.8 Å². The van der Waals surface area contributed by atoms with Gasteiger partial charge in [-0.2, -0.15) is 0 Å². The summed E-state index contributed by atoms with van der Waals surface area (Å²) in [7, 11) is 1.50. The Kier molecular flexibility index (Phi) is 6.15. The Hall–Kier alpha value is -4.00. The number of hydrogen-bond donors (Lipinski definition) is 2. The summed E-state index contributed by atoms with van der Waals surface area (Å²) in [6, 6.07) is 4.01. The number of aromatic nitrogens is 2. The standard InChI is InChI=1S/C21H21FN6O3/c1-4-5-8-31-17-12-24-16(11-25-17)19(30)26-13-6-7-15(22)14(9-13)21(2)10-18(29)28(3)20(23)27-21/h1,6-7,9,11-12H,5,8,10H2,2-3H3,(H2,23,27)(H,26,30). The number of ether oxygens (including phenoxy) is 1. The molecule has 1 atom stereocenters. The van der Waals surface area contributed by atoms with Crippen molar-refractivity contribution >= 4 is 23.5 Å². The maximum absolute atomic E-state index is 14.6. The molecule has 0 radical (unpaired) electrons. The van der Waals surface area contributed by atoms with Crippen LogP contribution >= 0.6 is 0 Å². The number of nitrogens with one attached hydrogen (secondary N) is 1. The number of amides is 2. The number of nitrogens with two attached hydrogens (primary N) is 1. The van der Waals surface area contributed by atoms with E-state index < -0.39 is 17.3 Å². The van der Waals surface area contributed by atoms with Crippen LogP contribution < -0.4 is 15.8 Å². The van der Waals surface area contributed by atoms with Crippen LogP contribution in [0, 0.1) is 18.2 Å². The lowest BCUT2D eigenvalue weighted by Gasteiger charge is -2.34. The van der Waals surface area contributed by atoms with E-state index in [-0.39, 0.29) is 35.4 Å². The molecular weight excluding hydrogens is 403 g/mol. The summed E-state index contributed by atoms with van der Waals surface area (Å²) < 4.78 is 19.9. The molecule has 3 N–H and O–H groups in total. The number of carbonyl (C=O) groups excluding carboxylic acids is 2. The summed E-state index contributed by atoms with van der Waals surface area (Å²) >= 11 is 0. The van der Waals surface area contributed by atoms with Crippen molar-refractivity contribution in [2.75, 3.05) is 19.0 Å². The highest BCUT2D eigenvalue weighted by atomic mass is 19.1. The molecule has 2 aromatic rings. The molecule has 0 saturated heterocycles. The van der Waals surface area contributed by atoms with Crippen molar-refractivity contribution in [3.63, 3.8) is 0 Å². The highest BCUT2D eigenvalue weighted by Crippen LogP contribution is 2.35. The van der Waals surface area contributed by atoms with Crippen molar-refractivity contribution in [2.45, 2.75) is 25.3 Å². The normalized spacial score (nSPS) is 18.2. The van der Waals surface area contributed by atoms with Crippen LogP contribution in [-0.2, 0) is 10.3 Å². The van der Waals surface area contributed by atoms with E-state index in [1.807, 2.05) is 0 Å². The van der Waals surface area contributed by atoms with Gasteiger partial charge in [-0.1, -0.05) is 0 Å². The summed E-state index contributed by atoms with van der Waals surface area (Å²) in [5, 5.41) is 2.63. The SMILES string of the molecule is C#CCCOc1cnc(C(=O)Nc2ccc(F)c(C3(C)CC(=O)N(C)C(N)=N3)c2)cn1. The molecule has 160 valence electrons. The first-order chi connectivity index (χ1) is 14.7. The minimum atomic E-state index is -1.20. The number of nitrogens with zero attached hydrogens (tertiary/aromatic N) is 4. The summed E-state index contributed by atoms with van der Waals surface area (Å²) in [5.74, 6) is 1.27. The van der Waals surface area contributed by atoms with Gasteiger partial charge in [0.15, 0.2) is 5.96 Å². The molecule has 2 amide bonds. The average molecular weight is 424 g/mol. The van der Waals surface area contributed by atoms with E-state index in [2.05, 4.69) is 26.2 Å². The van der Waals surface area contributed by atoms with Crippen molar-refractivity contribution < 1.29 is 18.7 Å². The van der Waals surface area contributed by atoms with Gasteiger partial charge in [0.05, 0.1) is 24.4 Å². The number of rotatable bonds is 6. The Morgan fingerprint density at radius 2 is 2.19 bits per heavy atom. The smallest absolute Gasteiger partial charge is 0.275 e. The molecule has 10 heteroatoms. The number of guanidine groups is 1. The van der Waals surface area contributed by atoms with Crippen molar-refractivity contribution in [1.82, 2.24) is 14.9 Å². The van der Waals surface area contributed by atoms with Crippen LogP contribution in [0.3, 0.4) is 0 Å². The summed E-state index contributed by atoms with van der Waals surface area (Å²) in [6.45, 7) is 1.90. The van der Waals surface area contributed by atoms with Gasteiger partial charge in [-0.3, -0.25) is 14.5 Å². The zero-order valence-electron chi connectivity index (χ0n) is 17.1. The minimum Gasteiger partial charge on any atom is -0.476 e. The highest BCUT2D eigenvalue weighted by molar-refractivity contribution is 6.03. The molecule has 31 heavy (non-hydrogen) atoms. The average Bonchev–Trinajstić information content (AvgIpc) is 2.74. The van der Waals surface area contributed by atoms with E-state index in [0.29, 0.717) is 18.7 Å². The zero-order chi connectivity index (χ0) is 22.6. The van der Waals surface area contributed by atoms with Crippen LogP contribution in [0.1, 0.15) is 35.8 Å². The van der Waals surface area contributed by atoms with Gasteiger partial charge in [0, 0.05) is 24.7 Å². The quantitative estimate of drug-likeness (QED) is 0.537. The van der Waals surface area contributed by atoms with Crippen molar-refractivity contribution in [2.24, 2.45) is 10.7 Å². The second-order valence-electron chi connectivity index (χ2n) is 7.06. The number of halogens is 1. The second-order valence-corrected chi connectivity index (χ2v) is 7.06. The van der Waals surface area contributed by atoms with Crippen LogP contribution in [0.15, 0.2) is 35.6 Å². The van der Waals surface area contributed by atoms with Gasteiger partial charge in [0.1, 0.15) is 18.1 Å². The number of benzene rings is 1. The molecule has 1 aliphatic heterocycles. The summed E-state index contributed by atoms with van der Waals surface area (Å²) in [4.78, 5) is 38.2. The molecule has 0 fully saturated rings. The fourth-order valence-corrected chi connectivity index (χ4v) is 3.00. The Bertz CT molecular complexity index is 1080. The minimum absolute atomic E-state index is 0.00702. The van der Waals surface area contributed by atoms with Gasteiger partial charge >= 0.3 is 0 Å². The molecule has 9 nitrogen and oxygen atoms in total. The molecule has 0 saturated carbocycles. The molecule has 3 rings (SSSR count). The van der Waals surface area contributed by atoms with Crippen molar-refractivity contribution in [3.8, 4) is 18.2 Å². The van der Waals surface area contributed by atoms with E-state index in [9.17, 15) is 14.0 Å². The molecule has 1 aromatic heterocycles. The summed E-state index contributed by atoms with van der Waals surface area (Å²) in [6.07, 6.45) is 8.08. The number of aliphatic imine (C=N–C) groups is 1. The fourth-order valence-electron chi connectivity index (χ4n) is 3.00. The van der Waals surface area contributed by atoms with E-state index in [1.54, 1.807) is 6.92 Å². The molecular formula is C21H21FN6O3. The topological polar surface area (TPSA) is 123 Å². The zero-order valence-corrected chi connectivity index (χ0v) is 17.1. The Balaban J connectivity index is 1.78. The first-order valence-corrected chi connectivity index (χ1v) is 9.35. The molecule has 1 aliphatic rings. The molecule has 1 aromatic carbocycles. The summed E-state index contributed by atoms with van der Waals surface area (Å²) in [5.41, 5.74) is 5.09. The van der Waals surface area contributed by atoms with Crippen molar-refractivity contribution in [1.29, 1.82) is 0 Å². The van der Waals surface area contributed by atoms with Crippen LogP contribution in [0.5, 0.6) is 5.88 Å². The van der Waals surface area contributed by atoms with Crippen LogP contribution in [0.2, 0.25) is 0 Å². The molecule has 1 unspecified atom stereocenters. The molecule has 0 bridgehead atoms. The van der Waals surface area contributed by atoms with Crippen LogP contribution in [-0.4, -0.2) is 46.3 Å². The fraction of sp³-hybridized carbons (Fsp3) is 0.286.